The summed E-state index contributed by atoms with van der Waals surface area (Å²) in [6.45, 7) is 13.9. The van der Waals surface area contributed by atoms with Crippen molar-refractivity contribution < 1.29 is 0 Å². The zero-order valence-electron chi connectivity index (χ0n) is 45.3. The van der Waals surface area contributed by atoms with Crippen molar-refractivity contribution in [1.82, 2.24) is 4.57 Å². The molecule has 13 rings (SSSR count). The minimum atomic E-state index is -0.100. The first kappa shape index (κ1) is 48.4. The quantitative estimate of drug-likeness (QED) is 0.140. The van der Waals surface area contributed by atoms with Gasteiger partial charge in [-0.2, -0.15) is 0 Å². The number of para-hydroxylation sites is 1. The maximum Gasteiger partial charge on any atom is 0.0550 e. The zero-order chi connectivity index (χ0) is 53.1. The fourth-order valence-corrected chi connectivity index (χ4v) is 11.6. The van der Waals surface area contributed by atoms with E-state index in [0.29, 0.717) is 0 Å². The van der Waals surface area contributed by atoms with Crippen LogP contribution in [0, 0.1) is 0 Å². The van der Waals surface area contributed by atoms with Crippen LogP contribution in [0.1, 0.15) is 52.7 Å². The zero-order valence-corrected chi connectivity index (χ0v) is 45.3. The van der Waals surface area contributed by atoms with Gasteiger partial charge in [-0.1, -0.05) is 242 Å². The van der Waals surface area contributed by atoms with Crippen LogP contribution in [-0.4, -0.2) is 4.57 Å². The Balaban J connectivity index is 0.925. The molecule has 0 atom stereocenters. The molecule has 0 radical (unpaired) electrons. The molecule has 0 aliphatic heterocycles. The second kappa shape index (κ2) is 19.4. The molecule has 13 aromatic rings. The molecule has 0 saturated carbocycles. The van der Waals surface area contributed by atoms with Gasteiger partial charge in [-0.25, -0.2) is 0 Å². The topological polar surface area (TPSA) is 8.17 Å². The summed E-state index contributed by atoms with van der Waals surface area (Å²) in [6, 6.07) is 98.7. The summed E-state index contributed by atoms with van der Waals surface area (Å²) in [4.78, 5) is 2.41. The largest absolute Gasteiger partial charge is 0.310 e. The number of fused-ring (bicyclic) bond motifs is 5. The third kappa shape index (κ3) is 8.93. The molecule has 2 nitrogen and oxygen atoms in total. The molecule has 1 aromatic heterocycles. The molecule has 0 aliphatic rings. The van der Waals surface area contributed by atoms with Crippen LogP contribution in [0.25, 0.3) is 105 Å². The lowest BCUT2D eigenvalue weighted by atomic mass is 9.83. The summed E-state index contributed by atoms with van der Waals surface area (Å²) in [7, 11) is 0. The van der Waals surface area contributed by atoms with E-state index < -0.39 is 0 Å². The van der Waals surface area contributed by atoms with Crippen molar-refractivity contribution in [1.29, 1.82) is 0 Å². The van der Waals surface area contributed by atoms with Crippen molar-refractivity contribution in [3.8, 4) is 61.3 Å². The molecule has 0 unspecified atom stereocenters. The Morgan fingerprint density at radius 2 is 0.731 bits per heavy atom. The van der Waals surface area contributed by atoms with Crippen LogP contribution in [0.4, 0.5) is 17.1 Å². The number of hydrogen-bond donors (Lipinski definition) is 0. The van der Waals surface area contributed by atoms with Crippen LogP contribution in [0.3, 0.4) is 0 Å². The molecule has 0 aliphatic carbocycles. The molecule has 0 N–H and O–H groups in total. The molecule has 0 saturated heterocycles. The van der Waals surface area contributed by atoms with Gasteiger partial charge in [0.05, 0.1) is 11.0 Å². The maximum atomic E-state index is 2.49. The maximum absolute atomic E-state index is 2.49. The van der Waals surface area contributed by atoms with Gasteiger partial charge in [0.25, 0.3) is 0 Å². The number of anilines is 3. The smallest absolute Gasteiger partial charge is 0.0550 e. The third-order valence-corrected chi connectivity index (χ3v) is 15.9. The Labute approximate surface area is 459 Å². The van der Waals surface area contributed by atoms with Crippen molar-refractivity contribution in [3.05, 3.63) is 278 Å². The molecule has 1 heterocycles. The van der Waals surface area contributed by atoms with E-state index in [4.69, 9.17) is 0 Å². The molecular formula is C76H62N2. The summed E-state index contributed by atoms with van der Waals surface area (Å²) in [5.41, 5.74) is 21.4. The average molecular weight is 1000 g/mol. The lowest BCUT2D eigenvalue weighted by Crippen LogP contribution is -2.12. The molecule has 12 aromatic carbocycles. The second-order valence-corrected chi connectivity index (χ2v) is 23.0. The van der Waals surface area contributed by atoms with E-state index in [1.807, 2.05) is 0 Å². The SMILES string of the molecule is CC(C)(C)c1ccc2c3c(-c4cccc(N(c5ccc(-c6ccc(-c7cccc8ccccc78)cc6)cc5)c5ccc(-c6ccc(-c7cccc8ccccc78)cc6)cc5)c4)cc(C(C)(C)C)cc3n(-c3ccccc3)c2c1. The van der Waals surface area contributed by atoms with Crippen LogP contribution in [-0.2, 0) is 10.8 Å². The first-order valence-electron chi connectivity index (χ1n) is 27.4. The molecule has 78 heavy (non-hydrogen) atoms. The van der Waals surface area contributed by atoms with E-state index in [1.54, 1.807) is 0 Å². The lowest BCUT2D eigenvalue weighted by molar-refractivity contribution is 0.591. The van der Waals surface area contributed by atoms with Crippen molar-refractivity contribution >= 4 is 60.4 Å². The van der Waals surface area contributed by atoms with Crippen LogP contribution < -0.4 is 4.90 Å². The highest BCUT2D eigenvalue weighted by atomic mass is 15.1. The number of hydrogen-bond acceptors (Lipinski definition) is 1. The minimum absolute atomic E-state index is 0.00874. The van der Waals surface area contributed by atoms with Gasteiger partial charge in [-0.15, -0.1) is 0 Å². The standard InChI is InChI=1S/C76H62N2/c1-75(2,3)60-41-46-70-72(49-60)78(62-22-8-7-9-23-62)73-50-61(76(4,5)6)48-71(74(70)73)59-21-14-24-65(47-59)77(63-42-37-53(38-43-63)51-29-33-57(34-30-51)68-27-15-19-55-17-10-12-25-66(55)68)64-44-39-54(40-45-64)52-31-35-58(36-32-52)69-28-16-20-56-18-11-13-26-67(56)69/h7-50H,1-6H3. The number of aromatic nitrogens is 1. The highest BCUT2D eigenvalue weighted by Crippen LogP contribution is 2.45. The van der Waals surface area contributed by atoms with Gasteiger partial charge in [-0.05, 0) is 166 Å². The monoisotopic (exact) mass is 1000 g/mol. The number of nitrogens with zero attached hydrogens (tertiary/aromatic N) is 2. The van der Waals surface area contributed by atoms with Gasteiger partial charge in [-0.3, -0.25) is 0 Å². The van der Waals surface area contributed by atoms with Crippen molar-refractivity contribution in [2.45, 2.75) is 52.4 Å². The fraction of sp³-hybridized carbons (Fsp3) is 0.105. The summed E-state index contributed by atoms with van der Waals surface area (Å²) in [5, 5.41) is 7.55. The van der Waals surface area contributed by atoms with Gasteiger partial charge in [0.1, 0.15) is 0 Å². The molecule has 0 spiro atoms. The van der Waals surface area contributed by atoms with E-state index >= 15 is 0 Å². The van der Waals surface area contributed by atoms with Crippen molar-refractivity contribution in [2.75, 3.05) is 4.90 Å². The highest BCUT2D eigenvalue weighted by molar-refractivity contribution is 6.16. The lowest BCUT2D eigenvalue weighted by Gasteiger charge is -2.27. The summed E-state index contributed by atoms with van der Waals surface area (Å²) in [5.74, 6) is 0. The predicted octanol–water partition coefficient (Wildman–Crippen LogP) is 21.5. The Morgan fingerprint density at radius 1 is 0.282 bits per heavy atom. The molecule has 0 amide bonds. The minimum Gasteiger partial charge on any atom is -0.310 e. The predicted molar refractivity (Wildman–Crippen MR) is 335 cm³/mol. The van der Waals surface area contributed by atoms with Crippen LogP contribution in [0.15, 0.2) is 267 Å². The van der Waals surface area contributed by atoms with Gasteiger partial charge in [0.15, 0.2) is 0 Å². The van der Waals surface area contributed by atoms with Gasteiger partial charge in [0.2, 0.25) is 0 Å². The molecule has 376 valence electrons. The van der Waals surface area contributed by atoms with Crippen molar-refractivity contribution in [3.63, 3.8) is 0 Å². The molecule has 0 bridgehead atoms. The Hall–Kier alpha value is -9.24. The average Bonchev–Trinajstić information content (AvgIpc) is 4.03. The number of benzene rings is 12. The van der Waals surface area contributed by atoms with Crippen molar-refractivity contribution in [2.24, 2.45) is 0 Å². The highest BCUT2D eigenvalue weighted by Gasteiger charge is 2.25. The Bertz CT molecular complexity index is 4160. The van der Waals surface area contributed by atoms with Crippen LogP contribution in [0.2, 0.25) is 0 Å². The van der Waals surface area contributed by atoms with Crippen LogP contribution in [0.5, 0.6) is 0 Å². The number of rotatable bonds is 9. The second-order valence-electron chi connectivity index (χ2n) is 23.0. The van der Waals surface area contributed by atoms with E-state index in [2.05, 4.69) is 318 Å². The summed E-state index contributed by atoms with van der Waals surface area (Å²) >= 11 is 0. The van der Waals surface area contributed by atoms with Crippen LogP contribution >= 0.6 is 0 Å². The van der Waals surface area contributed by atoms with Gasteiger partial charge < -0.3 is 9.47 Å². The first-order chi connectivity index (χ1) is 37.9. The molecular weight excluding hydrogens is 941 g/mol. The third-order valence-electron chi connectivity index (χ3n) is 15.9. The summed E-state index contributed by atoms with van der Waals surface area (Å²) in [6.07, 6.45) is 0. The first-order valence-corrected chi connectivity index (χ1v) is 27.4. The summed E-state index contributed by atoms with van der Waals surface area (Å²) < 4.78 is 2.49. The molecule has 2 heteroatoms. The van der Waals surface area contributed by atoms with E-state index in [0.717, 1.165) is 22.7 Å². The normalized spacial score (nSPS) is 12.0. The van der Waals surface area contributed by atoms with E-state index in [1.165, 1.54) is 110 Å². The van der Waals surface area contributed by atoms with E-state index in [9.17, 15) is 0 Å². The molecule has 0 fully saturated rings. The Morgan fingerprint density at radius 3 is 1.26 bits per heavy atom. The van der Waals surface area contributed by atoms with Gasteiger partial charge >= 0.3 is 0 Å². The fourth-order valence-electron chi connectivity index (χ4n) is 11.6. The van der Waals surface area contributed by atoms with E-state index in [-0.39, 0.29) is 10.8 Å². The Kier molecular flexibility index (Phi) is 12.0. The van der Waals surface area contributed by atoms with Gasteiger partial charge in [0, 0.05) is 33.5 Å².